The molecule has 2 heterocycles. The minimum atomic E-state index is 0.201. The Labute approximate surface area is 124 Å². The fourth-order valence-corrected chi connectivity index (χ4v) is 2.91. The highest BCUT2D eigenvalue weighted by atomic mass is 16.2. The maximum absolute atomic E-state index is 12.2. The number of nitrogens with two attached hydrogens (primary N) is 1. The van der Waals surface area contributed by atoms with Crippen molar-refractivity contribution in [2.24, 2.45) is 5.92 Å². The summed E-state index contributed by atoms with van der Waals surface area (Å²) in [5, 5.41) is 0. The molecule has 1 aromatic heterocycles. The number of benzene rings is 1. The summed E-state index contributed by atoms with van der Waals surface area (Å²) in [5.74, 6) is 1.08. The zero-order chi connectivity index (χ0) is 14.8. The van der Waals surface area contributed by atoms with Crippen LogP contribution in [0, 0.1) is 12.8 Å². The van der Waals surface area contributed by atoms with Crippen LogP contribution in [0.15, 0.2) is 42.6 Å². The van der Waals surface area contributed by atoms with Gasteiger partial charge in [0.15, 0.2) is 0 Å². The van der Waals surface area contributed by atoms with Gasteiger partial charge in [-0.3, -0.25) is 4.79 Å². The van der Waals surface area contributed by atoms with Crippen LogP contribution in [0.3, 0.4) is 0 Å². The van der Waals surface area contributed by atoms with Gasteiger partial charge >= 0.3 is 0 Å². The second-order valence-electron chi connectivity index (χ2n) is 5.65. The van der Waals surface area contributed by atoms with Crippen LogP contribution in [-0.4, -0.2) is 17.4 Å². The van der Waals surface area contributed by atoms with Gasteiger partial charge in [0, 0.05) is 24.8 Å². The molecule has 1 aliphatic heterocycles. The number of pyridine rings is 1. The maximum Gasteiger partial charge on any atom is 0.227 e. The Bertz CT molecular complexity index is 654. The number of nitrogen functional groups attached to an aromatic ring is 1. The number of amides is 1. The van der Waals surface area contributed by atoms with E-state index in [0.717, 1.165) is 24.2 Å². The second-order valence-corrected chi connectivity index (χ2v) is 5.65. The van der Waals surface area contributed by atoms with Crippen LogP contribution in [0.4, 0.5) is 11.5 Å². The molecule has 21 heavy (non-hydrogen) atoms. The van der Waals surface area contributed by atoms with Gasteiger partial charge in [0.05, 0.1) is 0 Å². The van der Waals surface area contributed by atoms with Gasteiger partial charge in [-0.25, -0.2) is 4.98 Å². The van der Waals surface area contributed by atoms with E-state index < -0.39 is 0 Å². The molecule has 1 atom stereocenters. The number of nitrogens with zero attached hydrogens (tertiary/aromatic N) is 2. The lowest BCUT2D eigenvalue weighted by molar-refractivity contribution is -0.117. The molecular formula is C17H19N3O. The van der Waals surface area contributed by atoms with E-state index in [1.165, 1.54) is 5.56 Å². The molecule has 1 aliphatic rings. The van der Waals surface area contributed by atoms with E-state index in [1.807, 2.05) is 54.4 Å². The molecular weight excluding hydrogens is 262 g/mol. The Kier molecular flexibility index (Phi) is 3.60. The average Bonchev–Trinajstić information content (AvgIpc) is 2.84. The van der Waals surface area contributed by atoms with Crippen molar-refractivity contribution < 1.29 is 4.79 Å². The quantitative estimate of drug-likeness (QED) is 0.940. The normalized spacial score (nSPS) is 18.2. The van der Waals surface area contributed by atoms with E-state index in [0.29, 0.717) is 18.2 Å². The van der Waals surface area contributed by atoms with Crippen LogP contribution in [0.1, 0.15) is 17.5 Å². The van der Waals surface area contributed by atoms with E-state index in [-0.39, 0.29) is 5.91 Å². The predicted octanol–water partition coefficient (Wildman–Crippen LogP) is 2.57. The molecule has 0 spiro atoms. The maximum atomic E-state index is 12.2. The van der Waals surface area contributed by atoms with Crippen molar-refractivity contribution >= 4 is 17.4 Å². The van der Waals surface area contributed by atoms with Crippen LogP contribution < -0.4 is 10.6 Å². The summed E-state index contributed by atoms with van der Waals surface area (Å²) in [6.45, 7) is 2.81. The van der Waals surface area contributed by atoms with Crippen LogP contribution in [-0.2, 0) is 11.2 Å². The van der Waals surface area contributed by atoms with Gasteiger partial charge in [-0.1, -0.05) is 18.2 Å². The summed E-state index contributed by atoms with van der Waals surface area (Å²) in [4.78, 5) is 18.2. The first kappa shape index (κ1) is 13.6. The van der Waals surface area contributed by atoms with Gasteiger partial charge < -0.3 is 10.6 Å². The summed E-state index contributed by atoms with van der Waals surface area (Å²) < 4.78 is 0. The van der Waals surface area contributed by atoms with Gasteiger partial charge in [0.2, 0.25) is 5.91 Å². The summed E-state index contributed by atoms with van der Waals surface area (Å²) in [6.07, 6.45) is 3.30. The van der Waals surface area contributed by atoms with Crippen molar-refractivity contribution in [2.75, 3.05) is 17.2 Å². The molecule has 1 saturated heterocycles. The number of aryl methyl sites for hydroxylation is 1. The van der Waals surface area contributed by atoms with Crippen molar-refractivity contribution in [1.29, 1.82) is 0 Å². The second kappa shape index (κ2) is 5.56. The number of carbonyl (C=O) groups excluding carboxylic acids is 1. The Morgan fingerprint density at radius 2 is 2.10 bits per heavy atom. The molecule has 0 aliphatic carbocycles. The number of aromatic nitrogens is 1. The zero-order valence-electron chi connectivity index (χ0n) is 12.1. The third-order valence-corrected chi connectivity index (χ3v) is 4.02. The molecule has 0 unspecified atom stereocenters. The SMILES string of the molecule is Cc1cc(N)ncc1C[C@@H]1CC(=O)N(c2ccccc2)C1. The number of para-hydroxylation sites is 1. The van der Waals surface area contributed by atoms with Gasteiger partial charge in [-0.05, 0) is 48.6 Å². The molecule has 4 heteroatoms. The van der Waals surface area contributed by atoms with Crippen LogP contribution in [0.5, 0.6) is 0 Å². The third kappa shape index (κ3) is 2.89. The smallest absolute Gasteiger partial charge is 0.227 e. The molecule has 108 valence electrons. The van der Waals surface area contributed by atoms with Crippen molar-refractivity contribution in [1.82, 2.24) is 4.98 Å². The van der Waals surface area contributed by atoms with E-state index >= 15 is 0 Å². The Hall–Kier alpha value is -2.36. The lowest BCUT2D eigenvalue weighted by Crippen LogP contribution is -2.24. The number of anilines is 2. The van der Waals surface area contributed by atoms with Gasteiger partial charge in [0.1, 0.15) is 5.82 Å². The Morgan fingerprint density at radius 3 is 2.81 bits per heavy atom. The number of hydrogen-bond donors (Lipinski definition) is 1. The molecule has 3 rings (SSSR count). The molecule has 2 N–H and O–H groups in total. The van der Waals surface area contributed by atoms with E-state index in [1.54, 1.807) is 0 Å². The fourth-order valence-electron chi connectivity index (χ4n) is 2.91. The minimum Gasteiger partial charge on any atom is -0.384 e. The first-order valence-corrected chi connectivity index (χ1v) is 7.20. The topological polar surface area (TPSA) is 59.2 Å². The molecule has 0 saturated carbocycles. The zero-order valence-corrected chi connectivity index (χ0v) is 12.1. The summed E-state index contributed by atoms with van der Waals surface area (Å²) in [6, 6.07) is 11.7. The lowest BCUT2D eigenvalue weighted by atomic mass is 9.97. The molecule has 4 nitrogen and oxygen atoms in total. The molecule has 1 fully saturated rings. The molecule has 1 amide bonds. The first-order valence-electron chi connectivity index (χ1n) is 7.20. The first-order chi connectivity index (χ1) is 10.1. The molecule has 0 radical (unpaired) electrons. The lowest BCUT2D eigenvalue weighted by Gasteiger charge is -2.17. The molecule has 2 aromatic rings. The van der Waals surface area contributed by atoms with Gasteiger partial charge in [-0.2, -0.15) is 0 Å². The van der Waals surface area contributed by atoms with Crippen molar-refractivity contribution in [2.45, 2.75) is 19.8 Å². The van der Waals surface area contributed by atoms with E-state index in [2.05, 4.69) is 4.98 Å². The molecule has 1 aromatic carbocycles. The monoisotopic (exact) mass is 281 g/mol. The standard InChI is InChI=1S/C17H19N3O/c1-12-7-16(18)19-10-14(12)8-13-9-17(21)20(11-13)15-5-3-2-4-6-15/h2-7,10,13H,8-9,11H2,1H3,(H2,18,19)/t13-/m1/s1. The Balaban J connectivity index is 1.73. The van der Waals surface area contributed by atoms with Crippen molar-refractivity contribution in [3.05, 3.63) is 53.7 Å². The fraction of sp³-hybridized carbons (Fsp3) is 0.294. The average molecular weight is 281 g/mol. The highest BCUT2D eigenvalue weighted by Crippen LogP contribution is 2.27. The molecule has 0 bridgehead atoms. The minimum absolute atomic E-state index is 0.201. The van der Waals surface area contributed by atoms with Crippen LogP contribution in [0.25, 0.3) is 0 Å². The number of carbonyl (C=O) groups is 1. The van der Waals surface area contributed by atoms with E-state index in [4.69, 9.17) is 5.73 Å². The van der Waals surface area contributed by atoms with E-state index in [9.17, 15) is 4.79 Å². The van der Waals surface area contributed by atoms with Crippen molar-refractivity contribution in [3.63, 3.8) is 0 Å². The largest absolute Gasteiger partial charge is 0.384 e. The van der Waals surface area contributed by atoms with Crippen molar-refractivity contribution in [3.8, 4) is 0 Å². The van der Waals surface area contributed by atoms with Crippen LogP contribution >= 0.6 is 0 Å². The summed E-state index contributed by atoms with van der Waals surface area (Å²) >= 11 is 0. The summed E-state index contributed by atoms with van der Waals surface area (Å²) in [5.41, 5.74) is 8.99. The van der Waals surface area contributed by atoms with Crippen LogP contribution in [0.2, 0.25) is 0 Å². The van der Waals surface area contributed by atoms with Gasteiger partial charge in [-0.15, -0.1) is 0 Å². The number of rotatable bonds is 3. The highest BCUT2D eigenvalue weighted by Gasteiger charge is 2.30. The highest BCUT2D eigenvalue weighted by molar-refractivity contribution is 5.95. The van der Waals surface area contributed by atoms with Gasteiger partial charge in [0.25, 0.3) is 0 Å². The summed E-state index contributed by atoms with van der Waals surface area (Å²) in [7, 11) is 0. The third-order valence-electron chi connectivity index (χ3n) is 4.02. The predicted molar refractivity (Wildman–Crippen MR) is 84.0 cm³/mol. The number of hydrogen-bond acceptors (Lipinski definition) is 3. The Morgan fingerprint density at radius 1 is 1.33 bits per heavy atom.